The van der Waals surface area contributed by atoms with E-state index in [-0.39, 0.29) is 28.5 Å². The zero-order valence-corrected chi connectivity index (χ0v) is 23.4. The average molecular weight is 585 g/mol. The van der Waals surface area contributed by atoms with Gasteiger partial charge in [-0.25, -0.2) is 14.5 Å². The van der Waals surface area contributed by atoms with Crippen molar-refractivity contribution in [3.8, 4) is 11.5 Å². The largest absolute Gasteiger partial charge is 0.490 e. The summed E-state index contributed by atoms with van der Waals surface area (Å²) in [6, 6.07) is 21.8. The normalized spacial score (nSPS) is 14.2. The molecule has 0 aliphatic carbocycles. The van der Waals surface area contributed by atoms with Crippen molar-refractivity contribution in [3.05, 3.63) is 106 Å². The van der Waals surface area contributed by atoms with Crippen LogP contribution < -0.4 is 19.7 Å². The fraction of sp³-hybridized carbons (Fsp3) is 0.125. The van der Waals surface area contributed by atoms with E-state index in [0.29, 0.717) is 23.7 Å². The zero-order valence-electron chi connectivity index (χ0n) is 22.7. The number of hydrogen-bond donors (Lipinski definition) is 1. The van der Waals surface area contributed by atoms with E-state index in [2.05, 4.69) is 10.1 Å². The van der Waals surface area contributed by atoms with E-state index in [1.165, 1.54) is 37.5 Å². The Kier molecular flexibility index (Phi) is 8.21. The smallest absolute Gasteiger partial charge is 0.337 e. The molecule has 1 fully saturated rings. The van der Waals surface area contributed by atoms with Gasteiger partial charge in [-0.3, -0.25) is 14.9 Å². The first-order chi connectivity index (χ1) is 20.3. The molecule has 0 aromatic heterocycles. The fourth-order valence-electron chi connectivity index (χ4n) is 4.57. The Morgan fingerprint density at radius 3 is 2.43 bits per heavy atom. The summed E-state index contributed by atoms with van der Waals surface area (Å²) in [6.07, 6.45) is 1.32. The maximum Gasteiger partial charge on any atom is 0.337 e. The number of rotatable bonds is 8. The highest BCUT2D eigenvalue weighted by Gasteiger charge is 2.37. The van der Waals surface area contributed by atoms with Crippen LogP contribution in [0.3, 0.4) is 0 Å². The number of carbonyl (C=O) groups excluding carboxylic acids is 4. The summed E-state index contributed by atoms with van der Waals surface area (Å²) < 4.78 is 16.6. The number of anilines is 1. The van der Waals surface area contributed by atoms with Crippen LogP contribution in [0.2, 0.25) is 5.02 Å². The average Bonchev–Trinajstić information content (AvgIpc) is 2.99. The first-order valence-electron chi connectivity index (χ1n) is 13.0. The van der Waals surface area contributed by atoms with E-state index in [1.807, 2.05) is 42.5 Å². The van der Waals surface area contributed by atoms with Gasteiger partial charge in [0.2, 0.25) is 0 Å². The summed E-state index contributed by atoms with van der Waals surface area (Å²) in [5.41, 5.74) is 1.45. The Hall–Kier alpha value is -5.15. The number of ether oxygens (including phenoxy) is 3. The number of imide groups is 2. The van der Waals surface area contributed by atoms with Gasteiger partial charge < -0.3 is 14.2 Å². The van der Waals surface area contributed by atoms with Crippen LogP contribution in [0, 0.1) is 0 Å². The molecule has 0 saturated carbocycles. The lowest BCUT2D eigenvalue weighted by Crippen LogP contribution is -2.54. The highest BCUT2D eigenvalue weighted by Crippen LogP contribution is 2.38. The molecule has 1 heterocycles. The van der Waals surface area contributed by atoms with Crippen molar-refractivity contribution in [2.45, 2.75) is 13.5 Å². The third kappa shape index (κ3) is 5.68. The molecule has 0 bridgehead atoms. The summed E-state index contributed by atoms with van der Waals surface area (Å²) in [7, 11) is 1.24. The van der Waals surface area contributed by atoms with E-state index in [9.17, 15) is 19.2 Å². The minimum atomic E-state index is -0.918. The first-order valence-corrected chi connectivity index (χ1v) is 13.3. The minimum absolute atomic E-state index is 0.161. The van der Waals surface area contributed by atoms with Gasteiger partial charge in [-0.15, -0.1) is 0 Å². The monoisotopic (exact) mass is 584 g/mol. The minimum Gasteiger partial charge on any atom is -0.490 e. The molecule has 5 rings (SSSR count). The predicted octanol–water partition coefficient (Wildman–Crippen LogP) is 5.92. The first kappa shape index (κ1) is 28.4. The molecule has 1 saturated heterocycles. The van der Waals surface area contributed by atoms with Crippen LogP contribution in [0.15, 0.2) is 84.4 Å². The lowest BCUT2D eigenvalue weighted by atomic mass is 10.1. The van der Waals surface area contributed by atoms with Crippen LogP contribution in [0.5, 0.6) is 11.5 Å². The van der Waals surface area contributed by atoms with Crippen molar-refractivity contribution in [1.29, 1.82) is 0 Å². The number of methoxy groups -OCH3 is 1. The molecular weight excluding hydrogens is 560 g/mol. The molecule has 1 aliphatic heterocycles. The lowest BCUT2D eigenvalue weighted by molar-refractivity contribution is -0.122. The number of carbonyl (C=O) groups is 4. The molecule has 1 N–H and O–H groups in total. The van der Waals surface area contributed by atoms with Crippen molar-refractivity contribution in [2.75, 3.05) is 18.6 Å². The Morgan fingerprint density at radius 1 is 0.952 bits per heavy atom. The summed E-state index contributed by atoms with van der Waals surface area (Å²) in [5.74, 6) is -1.64. The summed E-state index contributed by atoms with van der Waals surface area (Å²) in [5, 5.41) is 4.52. The van der Waals surface area contributed by atoms with Gasteiger partial charge in [-0.05, 0) is 71.3 Å². The number of benzene rings is 4. The van der Waals surface area contributed by atoms with Gasteiger partial charge >= 0.3 is 12.0 Å². The Morgan fingerprint density at radius 2 is 1.69 bits per heavy atom. The van der Waals surface area contributed by atoms with Crippen LogP contribution in [0.4, 0.5) is 10.5 Å². The topological polar surface area (TPSA) is 111 Å². The van der Waals surface area contributed by atoms with Crippen molar-refractivity contribution >= 4 is 58.0 Å². The van der Waals surface area contributed by atoms with Gasteiger partial charge in [0.05, 0.1) is 30.0 Å². The van der Waals surface area contributed by atoms with Crippen molar-refractivity contribution in [2.24, 2.45) is 0 Å². The van der Waals surface area contributed by atoms with E-state index < -0.39 is 23.8 Å². The van der Waals surface area contributed by atoms with Crippen LogP contribution in [0.1, 0.15) is 28.4 Å². The Balaban J connectivity index is 1.44. The predicted molar refractivity (Wildman–Crippen MR) is 158 cm³/mol. The number of fused-ring (bicyclic) bond motifs is 1. The number of halogens is 1. The molecule has 1 aliphatic rings. The van der Waals surface area contributed by atoms with E-state index in [1.54, 1.807) is 19.1 Å². The summed E-state index contributed by atoms with van der Waals surface area (Å²) >= 11 is 6.62. The van der Waals surface area contributed by atoms with E-state index >= 15 is 0 Å². The molecule has 4 aromatic rings. The number of nitrogens with one attached hydrogen (secondary N) is 1. The number of nitrogens with zero attached hydrogens (tertiary/aromatic N) is 1. The van der Waals surface area contributed by atoms with Crippen molar-refractivity contribution in [1.82, 2.24) is 5.32 Å². The molecule has 0 atom stereocenters. The number of esters is 1. The van der Waals surface area contributed by atoms with Crippen LogP contribution in [0.25, 0.3) is 16.8 Å². The molecule has 9 nitrogen and oxygen atoms in total. The zero-order chi connectivity index (χ0) is 29.8. The lowest BCUT2D eigenvalue weighted by Gasteiger charge is -2.26. The van der Waals surface area contributed by atoms with Gasteiger partial charge in [-0.1, -0.05) is 54.1 Å². The molecule has 0 unspecified atom stereocenters. The second-order valence-electron chi connectivity index (χ2n) is 9.19. The second kappa shape index (κ2) is 12.2. The van der Waals surface area contributed by atoms with E-state index in [0.717, 1.165) is 21.2 Å². The van der Waals surface area contributed by atoms with E-state index in [4.69, 9.17) is 21.1 Å². The molecular formula is C32H25ClN2O7. The van der Waals surface area contributed by atoms with Gasteiger partial charge in [0.15, 0.2) is 11.5 Å². The molecule has 0 radical (unpaired) electrons. The molecule has 212 valence electrons. The summed E-state index contributed by atoms with van der Waals surface area (Å²) in [6.45, 7) is 2.35. The quantitative estimate of drug-likeness (QED) is 0.155. The number of barbiturate groups is 1. The molecule has 4 amide bonds. The van der Waals surface area contributed by atoms with Crippen molar-refractivity contribution in [3.63, 3.8) is 0 Å². The molecule has 10 heteroatoms. The molecule has 42 heavy (non-hydrogen) atoms. The SMILES string of the molecule is CCOc1cc(/C=C2\C(=O)NC(=O)N(c3ccc(C(=O)OC)cc3)C2=O)cc(Cl)c1OCc1cccc2ccccc12. The van der Waals surface area contributed by atoms with Gasteiger partial charge in [0, 0.05) is 0 Å². The Bertz CT molecular complexity index is 1740. The second-order valence-corrected chi connectivity index (χ2v) is 9.59. The van der Waals surface area contributed by atoms with Gasteiger partial charge in [0.25, 0.3) is 11.8 Å². The van der Waals surface area contributed by atoms with Crippen LogP contribution in [-0.4, -0.2) is 37.5 Å². The molecule has 0 spiro atoms. The van der Waals surface area contributed by atoms with Crippen molar-refractivity contribution < 1.29 is 33.4 Å². The third-order valence-electron chi connectivity index (χ3n) is 6.54. The van der Waals surface area contributed by atoms with Gasteiger partial charge in [-0.2, -0.15) is 0 Å². The highest BCUT2D eigenvalue weighted by molar-refractivity contribution is 6.39. The molecule has 4 aromatic carbocycles. The van der Waals surface area contributed by atoms with Crippen LogP contribution in [-0.2, 0) is 20.9 Å². The highest BCUT2D eigenvalue weighted by atomic mass is 35.5. The number of hydrogen-bond acceptors (Lipinski definition) is 7. The summed E-state index contributed by atoms with van der Waals surface area (Å²) in [4.78, 5) is 51.2. The Labute approximate surface area is 246 Å². The standard InChI is InChI=1S/C32H25ClN2O7/c1-3-41-27-17-19(16-26(33)28(27)42-18-22-9-6-8-20-7-4-5-10-24(20)22)15-25-29(36)34-32(39)35(30(25)37)23-13-11-21(12-14-23)31(38)40-2/h4-17H,3,18H2,1-2H3,(H,34,36,39)/b25-15+. The maximum atomic E-state index is 13.4. The van der Waals surface area contributed by atoms with Gasteiger partial charge in [0.1, 0.15) is 12.2 Å². The fourth-order valence-corrected chi connectivity index (χ4v) is 4.84. The maximum absolute atomic E-state index is 13.4. The third-order valence-corrected chi connectivity index (χ3v) is 6.82. The number of amides is 4. The van der Waals surface area contributed by atoms with Crippen LogP contribution >= 0.6 is 11.6 Å². The number of urea groups is 1.